The average molecular weight is 332 g/mol. The van der Waals surface area contributed by atoms with Crippen LogP contribution in [0.15, 0.2) is 24.3 Å². The number of amides is 2. The molecule has 0 aromatic heterocycles. The highest BCUT2D eigenvalue weighted by molar-refractivity contribution is 5.94. The van der Waals surface area contributed by atoms with Crippen LogP contribution in [-0.2, 0) is 11.3 Å². The van der Waals surface area contributed by atoms with E-state index < -0.39 is 0 Å². The number of aliphatic hydroxyl groups is 1. The van der Waals surface area contributed by atoms with E-state index in [0.29, 0.717) is 24.9 Å². The van der Waals surface area contributed by atoms with Gasteiger partial charge in [-0.2, -0.15) is 0 Å². The summed E-state index contributed by atoms with van der Waals surface area (Å²) in [6, 6.07) is 7.32. The first-order valence-electron chi connectivity index (χ1n) is 8.59. The molecule has 0 radical (unpaired) electrons. The Labute approximate surface area is 144 Å². The zero-order chi connectivity index (χ0) is 17.7. The lowest BCUT2D eigenvalue weighted by Gasteiger charge is -2.31. The third-order valence-electron chi connectivity index (χ3n) is 4.50. The summed E-state index contributed by atoms with van der Waals surface area (Å²) in [6.45, 7) is 7.52. The van der Waals surface area contributed by atoms with Crippen molar-refractivity contribution in [2.45, 2.75) is 52.6 Å². The lowest BCUT2D eigenvalue weighted by molar-refractivity contribution is -0.128. The largest absolute Gasteiger partial charge is 0.396 e. The molecular formula is C19H28N2O3. The molecule has 1 aromatic rings. The van der Waals surface area contributed by atoms with Gasteiger partial charge in [-0.3, -0.25) is 9.59 Å². The zero-order valence-corrected chi connectivity index (χ0v) is 14.8. The molecule has 5 nitrogen and oxygen atoms in total. The smallest absolute Gasteiger partial charge is 0.251 e. The number of carbonyl (C=O) groups excluding carboxylic acids is 2. The van der Waals surface area contributed by atoms with Crippen molar-refractivity contribution in [3.63, 3.8) is 0 Å². The van der Waals surface area contributed by atoms with Crippen LogP contribution in [0.2, 0.25) is 0 Å². The standard InChI is InChI=1S/C19H28N2O3/c1-19(2,3)16(9-11-22)20-18(24)15-7-4-6-14(12-15)13-21-10-5-8-17(21)23/h4,6-7,12,16,22H,5,8-11,13H2,1-3H3,(H,20,24). The molecule has 1 aromatic carbocycles. The number of aliphatic hydroxyl groups excluding tert-OH is 1. The summed E-state index contributed by atoms with van der Waals surface area (Å²) in [5.74, 6) is 0.0403. The van der Waals surface area contributed by atoms with Gasteiger partial charge in [-0.15, -0.1) is 0 Å². The molecule has 1 aliphatic heterocycles. The second kappa shape index (κ2) is 7.79. The van der Waals surface area contributed by atoms with Crippen molar-refractivity contribution in [2.75, 3.05) is 13.2 Å². The maximum absolute atomic E-state index is 12.6. The number of hydrogen-bond acceptors (Lipinski definition) is 3. The van der Waals surface area contributed by atoms with Gasteiger partial charge in [0.1, 0.15) is 0 Å². The fourth-order valence-electron chi connectivity index (χ4n) is 2.99. The Morgan fingerprint density at radius 1 is 1.38 bits per heavy atom. The third-order valence-corrected chi connectivity index (χ3v) is 4.50. The van der Waals surface area contributed by atoms with Gasteiger partial charge in [0, 0.05) is 37.7 Å². The van der Waals surface area contributed by atoms with E-state index in [2.05, 4.69) is 5.32 Å². The summed E-state index contributed by atoms with van der Waals surface area (Å²) in [5, 5.41) is 12.2. The Kier molecular flexibility index (Phi) is 5.99. The fraction of sp³-hybridized carbons (Fsp3) is 0.579. The minimum Gasteiger partial charge on any atom is -0.396 e. The minimum atomic E-state index is -0.141. The fourth-order valence-corrected chi connectivity index (χ4v) is 2.99. The molecule has 1 saturated heterocycles. The Hall–Kier alpha value is -1.88. The van der Waals surface area contributed by atoms with Crippen LogP contribution in [-0.4, -0.2) is 41.0 Å². The van der Waals surface area contributed by atoms with Crippen molar-refractivity contribution in [1.29, 1.82) is 0 Å². The quantitative estimate of drug-likeness (QED) is 0.840. The Morgan fingerprint density at radius 2 is 2.12 bits per heavy atom. The van der Waals surface area contributed by atoms with Gasteiger partial charge in [-0.05, 0) is 36.0 Å². The molecule has 1 aliphatic rings. The highest BCUT2D eigenvalue weighted by Crippen LogP contribution is 2.22. The molecule has 2 amide bonds. The molecule has 0 aliphatic carbocycles. The number of benzene rings is 1. The normalized spacial score (nSPS) is 16.3. The molecule has 132 valence electrons. The van der Waals surface area contributed by atoms with Gasteiger partial charge in [-0.25, -0.2) is 0 Å². The van der Waals surface area contributed by atoms with Crippen LogP contribution in [0.5, 0.6) is 0 Å². The van der Waals surface area contributed by atoms with Crippen LogP contribution in [0.25, 0.3) is 0 Å². The molecule has 1 heterocycles. The third kappa shape index (κ3) is 4.81. The number of likely N-dealkylation sites (tertiary alicyclic amines) is 1. The summed E-state index contributed by atoms with van der Waals surface area (Å²) >= 11 is 0. The van der Waals surface area contributed by atoms with Gasteiger partial charge >= 0.3 is 0 Å². The Morgan fingerprint density at radius 3 is 2.71 bits per heavy atom. The average Bonchev–Trinajstić information content (AvgIpc) is 2.91. The summed E-state index contributed by atoms with van der Waals surface area (Å²) in [6.07, 6.45) is 2.05. The lowest BCUT2D eigenvalue weighted by atomic mass is 9.84. The molecule has 1 atom stereocenters. The predicted octanol–water partition coefficient (Wildman–Crippen LogP) is 2.34. The molecule has 0 spiro atoms. The van der Waals surface area contributed by atoms with Gasteiger partial charge in [0.05, 0.1) is 0 Å². The molecule has 0 bridgehead atoms. The van der Waals surface area contributed by atoms with E-state index in [1.807, 2.05) is 43.9 Å². The van der Waals surface area contributed by atoms with Gasteiger partial charge < -0.3 is 15.3 Å². The Bertz CT molecular complexity index is 593. The van der Waals surface area contributed by atoms with Gasteiger partial charge in [-0.1, -0.05) is 32.9 Å². The van der Waals surface area contributed by atoms with Gasteiger partial charge in [0.2, 0.25) is 5.91 Å². The van der Waals surface area contributed by atoms with Crippen molar-refractivity contribution < 1.29 is 14.7 Å². The van der Waals surface area contributed by atoms with E-state index in [1.54, 1.807) is 6.07 Å². The first-order chi connectivity index (χ1) is 11.3. The van der Waals surface area contributed by atoms with E-state index in [4.69, 9.17) is 0 Å². The second-order valence-electron chi connectivity index (χ2n) is 7.52. The van der Waals surface area contributed by atoms with Crippen molar-refractivity contribution in [1.82, 2.24) is 10.2 Å². The van der Waals surface area contributed by atoms with E-state index in [-0.39, 0.29) is 29.9 Å². The van der Waals surface area contributed by atoms with Crippen LogP contribution in [0, 0.1) is 5.41 Å². The molecule has 5 heteroatoms. The van der Waals surface area contributed by atoms with Crippen molar-refractivity contribution >= 4 is 11.8 Å². The van der Waals surface area contributed by atoms with Crippen LogP contribution >= 0.6 is 0 Å². The van der Waals surface area contributed by atoms with E-state index in [9.17, 15) is 14.7 Å². The monoisotopic (exact) mass is 332 g/mol. The molecule has 2 N–H and O–H groups in total. The SMILES string of the molecule is CC(C)(C)C(CCO)NC(=O)c1cccc(CN2CCCC2=O)c1. The number of carbonyl (C=O) groups is 2. The number of nitrogens with zero attached hydrogens (tertiary/aromatic N) is 1. The molecule has 2 rings (SSSR count). The molecule has 1 fully saturated rings. The maximum atomic E-state index is 12.6. The highest BCUT2D eigenvalue weighted by Gasteiger charge is 2.26. The summed E-state index contributed by atoms with van der Waals surface area (Å²) in [4.78, 5) is 26.1. The summed E-state index contributed by atoms with van der Waals surface area (Å²) in [7, 11) is 0. The lowest BCUT2D eigenvalue weighted by Crippen LogP contribution is -2.44. The van der Waals surface area contributed by atoms with E-state index >= 15 is 0 Å². The highest BCUT2D eigenvalue weighted by atomic mass is 16.3. The van der Waals surface area contributed by atoms with Gasteiger partial charge in [0.25, 0.3) is 5.91 Å². The van der Waals surface area contributed by atoms with Crippen molar-refractivity contribution in [3.05, 3.63) is 35.4 Å². The number of hydrogen-bond donors (Lipinski definition) is 2. The molecule has 24 heavy (non-hydrogen) atoms. The summed E-state index contributed by atoms with van der Waals surface area (Å²) < 4.78 is 0. The topological polar surface area (TPSA) is 69.6 Å². The van der Waals surface area contributed by atoms with Crippen LogP contribution < -0.4 is 5.32 Å². The van der Waals surface area contributed by atoms with Gasteiger partial charge in [0.15, 0.2) is 0 Å². The minimum absolute atomic E-state index is 0.0410. The van der Waals surface area contributed by atoms with Crippen LogP contribution in [0.3, 0.4) is 0 Å². The predicted molar refractivity (Wildman–Crippen MR) is 93.5 cm³/mol. The molecular weight excluding hydrogens is 304 g/mol. The molecule has 0 saturated carbocycles. The first-order valence-corrected chi connectivity index (χ1v) is 8.59. The second-order valence-corrected chi connectivity index (χ2v) is 7.52. The van der Waals surface area contributed by atoms with Crippen molar-refractivity contribution in [3.8, 4) is 0 Å². The number of rotatable bonds is 6. The van der Waals surface area contributed by atoms with Crippen molar-refractivity contribution in [2.24, 2.45) is 5.41 Å². The number of nitrogens with one attached hydrogen (secondary N) is 1. The van der Waals surface area contributed by atoms with E-state index in [0.717, 1.165) is 18.5 Å². The van der Waals surface area contributed by atoms with E-state index in [1.165, 1.54) is 0 Å². The summed E-state index contributed by atoms with van der Waals surface area (Å²) in [5.41, 5.74) is 1.43. The van der Waals surface area contributed by atoms with Crippen LogP contribution in [0.1, 0.15) is 56.0 Å². The molecule has 1 unspecified atom stereocenters. The first kappa shape index (κ1) is 18.5. The zero-order valence-electron chi connectivity index (χ0n) is 14.8. The van der Waals surface area contributed by atoms with Crippen LogP contribution in [0.4, 0.5) is 0 Å². The Balaban J connectivity index is 2.06. The maximum Gasteiger partial charge on any atom is 0.251 e.